The number of rotatable bonds is 8. The largest absolute Gasteiger partial charge is 0.390 e. The standard InChI is InChI=1S/C22H22Cl2N6O/c1-2-16(23)11-20-25-21(24)19(13-31)30(20)12-14-7-9-15(10-8-14)17-5-3-4-6-18(17)22-26-28-29-27-22/h3-10,16,31H,2,11-13H2,1H3,(H,26,27,28,29). The van der Waals surface area contributed by atoms with Crippen LogP contribution >= 0.6 is 23.2 Å². The monoisotopic (exact) mass is 456 g/mol. The topological polar surface area (TPSA) is 92.5 Å². The van der Waals surface area contributed by atoms with Crippen molar-refractivity contribution >= 4 is 23.2 Å². The minimum Gasteiger partial charge on any atom is -0.390 e. The van der Waals surface area contributed by atoms with Gasteiger partial charge in [-0.15, -0.1) is 21.8 Å². The minimum atomic E-state index is -0.179. The highest BCUT2D eigenvalue weighted by atomic mass is 35.5. The van der Waals surface area contributed by atoms with Gasteiger partial charge in [0.05, 0.1) is 12.3 Å². The molecule has 9 heteroatoms. The third-order valence-corrected chi connectivity index (χ3v) is 5.98. The number of alkyl halides is 1. The van der Waals surface area contributed by atoms with Gasteiger partial charge in [-0.1, -0.05) is 67.1 Å². The Kier molecular flexibility index (Phi) is 6.65. The molecular weight excluding hydrogens is 435 g/mol. The number of nitrogens with zero attached hydrogens (tertiary/aromatic N) is 5. The van der Waals surface area contributed by atoms with Gasteiger partial charge in [0.2, 0.25) is 5.82 Å². The Bertz CT molecular complexity index is 1140. The Labute approximate surface area is 190 Å². The Morgan fingerprint density at radius 2 is 1.84 bits per heavy atom. The lowest BCUT2D eigenvalue weighted by Gasteiger charge is -2.14. The molecule has 2 N–H and O–H groups in total. The summed E-state index contributed by atoms with van der Waals surface area (Å²) in [5, 5.41) is 24.5. The Morgan fingerprint density at radius 3 is 2.48 bits per heavy atom. The van der Waals surface area contributed by atoms with E-state index in [0.717, 1.165) is 34.5 Å². The average molecular weight is 457 g/mol. The molecule has 7 nitrogen and oxygen atoms in total. The highest BCUT2D eigenvalue weighted by Gasteiger charge is 2.18. The summed E-state index contributed by atoms with van der Waals surface area (Å²) in [4.78, 5) is 4.43. The molecule has 0 aliphatic rings. The number of aromatic nitrogens is 6. The maximum Gasteiger partial charge on any atom is 0.205 e. The first kappa shape index (κ1) is 21.5. The van der Waals surface area contributed by atoms with Crippen molar-refractivity contribution in [2.45, 2.75) is 38.3 Å². The molecule has 0 aliphatic heterocycles. The number of aliphatic hydroxyl groups excluding tert-OH is 1. The van der Waals surface area contributed by atoms with Gasteiger partial charge in [0.1, 0.15) is 5.82 Å². The zero-order chi connectivity index (χ0) is 21.8. The number of imidazole rings is 1. The third kappa shape index (κ3) is 4.63. The van der Waals surface area contributed by atoms with Crippen LogP contribution in [0.5, 0.6) is 0 Å². The molecule has 0 aliphatic carbocycles. The molecule has 2 aromatic carbocycles. The van der Waals surface area contributed by atoms with Crippen LogP contribution in [-0.2, 0) is 19.6 Å². The molecule has 0 saturated heterocycles. The molecule has 4 aromatic rings. The number of benzene rings is 2. The fourth-order valence-corrected chi connectivity index (χ4v) is 3.92. The van der Waals surface area contributed by atoms with Crippen molar-refractivity contribution in [3.63, 3.8) is 0 Å². The summed E-state index contributed by atoms with van der Waals surface area (Å²) in [5.41, 5.74) is 4.63. The maximum absolute atomic E-state index is 9.80. The number of halogens is 2. The lowest BCUT2D eigenvalue weighted by molar-refractivity contribution is 0.271. The van der Waals surface area contributed by atoms with Crippen molar-refractivity contribution in [3.05, 3.63) is 70.8 Å². The third-order valence-electron chi connectivity index (χ3n) is 5.22. The molecule has 31 heavy (non-hydrogen) atoms. The van der Waals surface area contributed by atoms with E-state index in [-0.39, 0.29) is 12.0 Å². The van der Waals surface area contributed by atoms with Crippen LogP contribution < -0.4 is 0 Å². The molecular formula is C22H22Cl2N6O. The summed E-state index contributed by atoms with van der Waals surface area (Å²) in [6.45, 7) is 2.40. The van der Waals surface area contributed by atoms with Crippen LogP contribution in [0.3, 0.4) is 0 Å². The number of hydrogen-bond donors (Lipinski definition) is 2. The van der Waals surface area contributed by atoms with Gasteiger partial charge >= 0.3 is 0 Å². The minimum absolute atomic E-state index is 0.0345. The summed E-state index contributed by atoms with van der Waals surface area (Å²) >= 11 is 12.6. The van der Waals surface area contributed by atoms with E-state index >= 15 is 0 Å². The summed E-state index contributed by atoms with van der Waals surface area (Å²) < 4.78 is 1.95. The zero-order valence-electron chi connectivity index (χ0n) is 17.0. The molecule has 2 aromatic heterocycles. The molecule has 0 amide bonds. The van der Waals surface area contributed by atoms with E-state index in [1.165, 1.54) is 0 Å². The first-order valence-corrected chi connectivity index (χ1v) is 10.8. The summed E-state index contributed by atoms with van der Waals surface area (Å²) in [6, 6.07) is 16.2. The van der Waals surface area contributed by atoms with Crippen molar-refractivity contribution in [1.29, 1.82) is 0 Å². The van der Waals surface area contributed by atoms with Gasteiger partial charge in [-0.3, -0.25) is 0 Å². The first-order valence-electron chi connectivity index (χ1n) is 10.0. The Hall–Kier alpha value is -2.74. The highest BCUT2D eigenvalue weighted by molar-refractivity contribution is 6.30. The van der Waals surface area contributed by atoms with Gasteiger partial charge in [-0.05, 0) is 28.3 Å². The first-order chi connectivity index (χ1) is 15.1. The molecule has 160 valence electrons. The van der Waals surface area contributed by atoms with Crippen LogP contribution in [0.1, 0.15) is 30.4 Å². The van der Waals surface area contributed by atoms with E-state index in [0.29, 0.717) is 29.6 Å². The second-order valence-electron chi connectivity index (χ2n) is 7.20. The summed E-state index contributed by atoms with van der Waals surface area (Å²) in [7, 11) is 0. The van der Waals surface area contributed by atoms with Gasteiger partial charge in [0, 0.05) is 23.9 Å². The van der Waals surface area contributed by atoms with Crippen LogP contribution in [0.2, 0.25) is 5.15 Å². The molecule has 2 heterocycles. The Balaban J connectivity index is 1.63. The van der Waals surface area contributed by atoms with Crippen LogP contribution in [-0.4, -0.2) is 40.7 Å². The summed E-state index contributed by atoms with van der Waals surface area (Å²) in [6.07, 6.45) is 1.42. The predicted molar refractivity (Wildman–Crippen MR) is 121 cm³/mol. The van der Waals surface area contributed by atoms with E-state index in [4.69, 9.17) is 23.2 Å². The SMILES string of the molecule is CCC(Cl)Cc1nc(Cl)c(CO)n1Cc1ccc(-c2ccccc2-c2nn[nH]n2)cc1. The molecule has 4 rings (SSSR count). The fourth-order valence-electron chi connectivity index (χ4n) is 3.52. The number of H-pyrrole nitrogens is 1. The molecule has 0 saturated carbocycles. The van der Waals surface area contributed by atoms with Gasteiger partial charge in [0.15, 0.2) is 5.15 Å². The maximum atomic E-state index is 9.80. The van der Waals surface area contributed by atoms with Crippen LogP contribution in [0.15, 0.2) is 48.5 Å². The molecule has 0 fully saturated rings. The van der Waals surface area contributed by atoms with Crippen molar-refractivity contribution < 1.29 is 5.11 Å². The molecule has 0 spiro atoms. The van der Waals surface area contributed by atoms with Gasteiger partial charge < -0.3 is 9.67 Å². The van der Waals surface area contributed by atoms with Crippen molar-refractivity contribution in [2.24, 2.45) is 0 Å². The normalized spacial score (nSPS) is 12.3. The highest BCUT2D eigenvalue weighted by Crippen LogP contribution is 2.30. The second kappa shape index (κ2) is 9.60. The van der Waals surface area contributed by atoms with Gasteiger partial charge in [-0.25, -0.2) is 4.98 Å². The van der Waals surface area contributed by atoms with Gasteiger partial charge in [-0.2, -0.15) is 5.21 Å². The van der Waals surface area contributed by atoms with Crippen molar-refractivity contribution in [1.82, 2.24) is 30.2 Å². The molecule has 0 radical (unpaired) electrons. The lowest BCUT2D eigenvalue weighted by Crippen LogP contribution is -2.13. The van der Waals surface area contributed by atoms with Crippen LogP contribution in [0.4, 0.5) is 0 Å². The van der Waals surface area contributed by atoms with Crippen LogP contribution in [0.25, 0.3) is 22.5 Å². The van der Waals surface area contributed by atoms with E-state index < -0.39 is 0 Å². The average Bonchev–Trinajstić information content (AvgIpc) is 3.42. The molecule has 1 unspecified atom stereocenters. The van der Waals surface area contributed by atoms with Crippen molar-refractivity contribution in [3.8, 4) is 22.5 Å². The Morgan fingerprint density at radius 1 is 1.10 bits per heavy atom. The van der Waals surface area contributed by atoms with E-state index in [1.807, 2.05) is 35.8 Å². The van der Waals surface area contributed by atoms with Crippen molar-refractivity contribution in [2.75, 3.05) is 0 Å². The van der Waals surface area contributed by atoms with E-state index in [1.54, 1.807) is 0 Å². The van der Waals surface area contributed by atoms with E-state index in [9.17, 15) is 5.11 Å². The number of aliphatic hydroxyl groups is 1. The number of aromatic amines is 1. The van der Waals surface area contributed by atoms with Gasteiger partial charge in [0.25, 0.3) is 0 Å². The number of hydrogen-bond acceptors (Lipinski definition) is 5. The zero-order valence-corrected chi connectivity index (χ0v) is 18.5. The van der Waals surface area contributed by atoms with Crippen LogP contribution in [0, 0.1) is 0 Å². The quantitative estimate of drug-likeness (QED) is 0.381. The fraction of sp³-hybridized carbons (Fsp3) is 0.273. The smallest absolute Gasteiger partial charge is 0.205 e. The van der Waals surface area contributed by atoms with E-state index in [2.05, 4.69) is 49.9 Å². The summed E-state index contributed by atoms with van der Waals surface area (Å²) in [5.74, 6) is 1.33. The molecule has 1 atom stereocenters. The number of nitrogens with one attached hydrogen (secondary N) is 1. The lowest BCUT2D eigenvalue weighted by atomic mass is 9.98. The predicted octanol–water partition coefficient (Wildman–Crippen LogP) is 4.48. The second-order valence-corrected chi connectivity index (χ2v) is 8.17. The number of tetrazole rings is 1. The molecule has 0 bridgehead atoms.